The maximum Gasteiger partial charge on any atom is 0.313 e. The van der Waals surface area contributed by atoms with Crippen LogP contribution in [0.25, 0.3) is 10.9 Å². The van der Waals surface area contributed by atoms with Crippen LogP contribution in [0.15, 0.2) is 29.3 Å². The van der Waals surface area contributed by atoms with Gasteiger partial charge in [0.15, 0.2) is 0 Å². The summed E-state index contributed by atoms with van der Waals surface area (Å²) in [6, 6.07) is 8.19. The van der Waals surface area contributed by atoms with Crippen molar-refractivity contribution in [2.24, 2.45) is 0 Å². The van der Waals surface area contributed by atoms with E-state index in [1.165, 1.54) is 11.8 Å². The number of hydrogen-bond donors (Lipinski definition) is 1. The van der Waals surface area contributed by atoms with Gasteiger partial charge in [-0.25, -0.2) is 4.98 Å². The molecule has 0 aliphatic rings. The molecule has 0 saturated carbocycles. The van der Waals surface area contributed by atoms with Gasteiger partial charge in [0.2, 0.25) is 0 Å². The minimum absolute atomic E-state index is 0.0530. The van der Waals surface area contributed by atoms with Crippen LogP contribution >= 0.6 is 11.8 Å². The predicted octanol–water partition coefficient (Wildman–Crippen LogP) is 3.28. The number of pyridine rings is 1. The van der Waals surface area contributed by atoms with Crippen molar-refractivity contribution in [2.45, 2.75) is 25.3 Å². The van der Waals surface area contributed by atoms with Crippen LogP contribution in [0.5, 0.6) is 0 Å². The molecule has 1 aromatic heterocycles. The van der Waals surface area contributed by atoms with Crippen molar-refractivity contribution in [1.82, 2.24) is 4.98 Å². The van der Waals surface area contributed by atoms with E-state index in [0.29, 0.717) is 0 Å². The van der Waals surface area contributed by atoms with Crippen molar-refractivity contribution in [3.8, 4) is 0 Å². The zero-order chi connectivity index (χ0) is 13.1. The second-order valence-corrected chi connectivity index (χ2v) is 5.10. The molecule has 18 heavy (non-hydrogen) atoms. The summed E-state index contributed by atoms with van der Waals surface area (Å²) in [5.41, 5.74) is 3.19. The van der Waals surface area contributed by atoms with E-state index in [1.54, 1.807) is 0 Å². The fraction of sp³-hybridized carbons (Fsp3) is 0.286. The number of para-hydroxylation sites is 1. The highest BCUT2D eigenvalue weighted by atomic mass is 32.2. The molecule has 1 heterocycles. The molecule has 0 bridgehead atoms. The molecule has 2 aromatic rings. The molecule has 0 saturated heterocycles. The third-order valence-corrected chi connectivity index (χ3v) is 3.82. The molecule has 0 fully saturated rings. The van der Waals surface area contributed by atoms with E-state index < -0.39 is 5.97 Å². The Morgan fingerprint density at radius 3 is 2.89 bits per heavy atom. The van der Waals surface area contributed by atoms with Crippen molar-refractivity contribution in [1.29, 1.82) is 0 Å². The molecule has 4 heteroatoms. The molecule has 0 aliphatic carbocycles. The molecular formula is C14H15NO2S. The van der Waals surface area contributed by atoms with E-state index in [0.717, 1.165) is 33.5 Å². The molecule has 1 N–H and O–H groups in total. The highest BCUT2D eigenvalue weighted by molar-refractivity contribution is 7.99. The zero-order valence-electron chi connectivity index (χ0n) is 10.4. The molecule has 0 spiro atoms. The molecule has 1 aromatic carbocycles. The Labute approximate surface area is 110 Å². The molecule has 0 unspecified atom stereocenters. The van der Waals surface area contributed by atoms with E-state index >= 15 is 0 Å². The number of aryl methyl sites for hydroxylation is 2. The molecule has 0 aliphatic heterocycles. The third-order valence-electron chi connectivity index (χ3n) is 2.80. The minimum Gasteiger partial charge on any atom is -0.481 e. The second-order valence-electron chi connectivity index (χ2n) is 4.14. The van der Waals surface area contributed by atoms with Crippen molar-refractivity contribution in [3.63, 3.8) is 0 Å². The number of fused-ring (bicyclic) bond motifs is 1. The number of hydrogen-bond acceptors (Lipinski definition) is 3. The lowest BCUT2D eigenvalue weighted by Gasteiger charge is -2.09. The van der Waals surface area contributed by atoms with E-state index in [2.05, 4.69) is 18.0 Å². The number of benzene rings is 1. The summed E-state index contributed by atoms with van der Waals surface area (Å²) >= 11 is 1.29. The van der Waals surface area contributed by atoms with Crippen LogP contribution in [-0.2, 0) is 11.2 Å². The zero-order valence-corrected chi connectivity index (χ0v) is 11.3. The highest BCUT2D eigenvalue weighted by Crippen LogP contribution is 2.26. The van der Waals surface area contributed by atoms with Gasteiger partial charge in [-0.3, -0.25) is 4.79 Å². The SMILES string of the molecule is CCc1cc2cccc(C)c2nc1SCC(=O)O. The Balaban J connectivity index is 2.50. The topological polar surface area (TPSA) is 50.2 Å². The summed E-state index contributed by atoms with van der Waals surface area (Å²) in [7, 11) is 0. The van der Waals surface area contributed by atoms with Crippen molar-refractivity contribution in [3.05, 3.63) is 35.4 Å². The predicted molar refractivity (Wildman–Crippen MR) is 74.2 cm³/mol. The lowest BCUT2D eigenvalue weighted by Crippen LogP contribution is -2.00. The van der Waals surface area contributed by atoms with Gasteiger partial charge in [0, 0.05) is 5.39 Å². The standard InChI is InChI=1S/C14H15NO2S/c1-3-10-7-11-6-4-5-9(2)13(11)15-14(10)18-8-12(16)17/h4-7H,3,8H2,1-2H3,(H,16,17). The monoisotopic (exact) mass is 261 g/mol. The molecule has 94 valence electrons. The Morgan fingerprint density at radius 1 is 1.44 bits per heavy atom. The Bertz CT molecular complexity index is 596. The number of carboxylic acid groups (broad SMARTS) is 1. The number of aliphatic carboxylic acids is 1. The van der Waals surface area contributed by atoms with E-state index in [1.807, 2.05) is 25.1 Å². The number of carbonyl (C=O) groups is 1. The number of nitrogens with zero attached hydrogens (tertiary/aromatic N) is 1. The molecule has 2 rings (SSSR count). The second kappa shape index (κ2) is 5.40. The Hall–Kier alpha value is -1.55. The fourth-order valence-electron chi connectivity index (χ4n) is 1.88. The van der Waals surface area contributed by atoms with Crippen LogP contribution in [0.4, 0.5) is 0 Å². The lowest BCUT2D eigenvalue weighted by atomic mass is 10.1. The lowest BCUT2D eigenvalue weighted by molar-refractivity contribution is -0.133. The first-order chi connectivity index (χ1) is 8.61. The normalized spacial score (nSPS) is 10.8. The van der Waals surface area contributed by atoms with E-state index in [4.69, 9.17) is 5.11 Å². The van der Waals surface area contributed by atoms with Crippen LogP contribution in [0.1, 0.15) is 18.1 Å². The van der Waals surface area contributed by atoms with Crippen LogP contribution in [0.2, 0.25) is 0 Å². The van der Waals surface area contributed by atoms with Gasteiger partial charge in [0.1, 0.15) is 5.03 Å². The Kier molecular flexibility index (Phi) is 3.87. The summed E-state index contributed by atoms with van der Waals surface area (Å²) in [6.45, 7) is 4.08. The summed E-state index contributed by atoms with van der Waals surface area (Å²) in [4.78, 5) is 15.3. The van der Waals surface area contributed by atoms with Crippen LogP contribution in [0.3, 0.4) is 0 Å². The van der Waals surface area contributed by atoms with E-state index in [-0.39, 0.29) is 5.75 Å². The number of aromatic nitrogens is 1. The smallest absolute Gasteiger partial charge is 0.313 e. The van der Waals surface area contributed by atoms with Crippen LogP contribution < -0.4 is 0 Å². The maximum absolute atomic E-state index is 10.7. The summed E-state index contributed by atoms with van der Waals surface area (Å²) in [5, 5.41) is 10.7. The maximum atomic E-state index is 10.7. The summed E-state index contributed by atoms with van der Waals surface area (Å²) in [5.74, 6) is -0.758. The van der Waals surface area contributed by atoms with Crippen molar-refractivity contribution in [2.75, 3.05) is 5.75 Å². The van der Waals surface area contributed by atoms with Gasteiger partial charge in [0.25, 0.3) is 0 Å². The summed E-state index contributed by atoms with van der Waals surface area (Å²) < 4.78 is 0. The molecule has 0 atom stereocenters. The van der Waals surface area contributed by atoms with Gasteiger partial charge >= 0.3 is 5.97 Å². The van der Waals surface area contributed by atoms with Gasteiger partial charge in [-0.15, -0.1) is 0 Å². The minimum atomic E-state index is -0.811. The Morgan fingerprint density at radius 2 is 2.22 bits per heavy atom. The van der Waals surface area contributed by atoms with Crippen molar-refractivity contribution < 1.29 is 9.90 Å². The fourth-order valence-corrected chi connectivity index (χ4v) is 2.69. The summed E-state index contributed by atoms with van der Waals surface area (Å²) in [6.07, 6.45) is 0.860. The van der Waals surface area contributed by atoms with Gasteiger partial charge in [-0.05, 0) is 30.5 Å². The number of carboxylic acids is 1. The molecule has 0 amide bonds. The highest BCUT2D eigenvalue weighted by Gasteiger charge is 2.09. The van der Waals surface area contributed by atoms with Crippen molar-refractivity contribution >= 4 is 28.6 Å². The van der Waals surface area contributed by atoms with Gasteiger partial charge < -0.3 is 5.11 Å². The first-order valence-electron chi connectivity index (χ1n) is 5.85. The van der Waals surface area contributed by atoms with Crippen LogP contribution in [0, 0.1) is 6.92 Å². The average molecular weight is 261 g/mol. The van der Waals surface area contributed by atoms with Gasteiger partial charge in [-0.1, -0.05) is 36.9 Å². The average Bonchev–Trinajstić information content (AvgIpc) is 2.36. The number of thioether (sulfide) groups is 1. The van der Waals surface area contributed by atoms with E-state index in [9.17, 15) is 4.79 Å². The van der Waals surface area contributed by atoms with Gasteiger partial charge in [-0.2, -0.15) is 0 Å². The first-order valence-corrected chi connectivity index (χ1v) is 6.84. The molecule has 3 nitrogen and oxygen atoms in total. The molecule has 0 radical (unpaired) electrons. The third kappa shape index (κ3) is 2.64. The van der Waals surface area contributed by atoms with Crippen LogP contribution in [-0.4, -0.2) is 21.8 Å². The number of rotatable bonds is 4. The quantitative estimate of drug-likeness (QED) is 0.858. The first kappa shape index (κ1) is 12.9. The molecular weight excluding hydrogens is 246 g/mol. The largest absolute Gasteiger partial charge is 0.481 e. The van der Waals surface area contributed by atoms with Gasteiger partial charge in [0.05, 0.1) is 11.3 Å².